The number of nitrogens with zero attached hydrogens (tertiary/aromatic N) is 2. The van der Waals surface area contributed by atoms with E-state index in [0.717, 1.165) is 4.57 Å². The monoisotopic (exact) mass is 253 g/mol. The summed E-state index contributed by atoms with van der Waals surface area (Å²) in [7, 11) is 0. The van der Waals surface area contributed by atoms with Gasteiger partial charge >= 0.3 is 5.69 Å². The van der Waals surface area contributed by atoms with E-state index in [1.807, 2.05) is 20.8 Å². The third-order valence-electron chi connectivity index (χ3n) is 2.30. The van der Waals surface area contributed by atoms with Crippen LogP contribution in [0.3, 0.4) is 0 Å². The van der Waals surface area contributed by atoms with Crippen molar-refractivity contribution in [2.45, 2.75) is 46.3 Å². The van der Waals surface area contributed by atoms with E-state index in [-0.39, 0.29) is 18.0 Å². The highest BCUT2D eigenvalue weighted by Crippen LogP contribution is 1.97. The molecule has 6 nitrogen and oxygen atoms in total. The Labute approximate surface area is 105 Å². The van der Waals surface area contributed by atoms with Crippen molar-refractivity contribution in [1.82, 2.24) is 14.5 Å². The third kappa shape index (κ3) is 3.58. The van der Waals surface area contributed by atoms with Crippen molar-refractivity contribution in [3.05, 3.63) is 33.1 Å². The van der Waals surface area contributed by atoms with E-state index < -0.39 is 11.2 Å². The minimum atomic E-state index is -0.464. The number of hydrogen-bond acceptors (Lipinski definition) is 3. The molecule has 18 heavy (non-hydrogen) atoms. The smallest absolute Gasteiger partial charge is 0.331 e. The molecule has 1 amide bonds. The third-order valence-corrected chi connectivity index (χ3v) is 2.30. The van der Waals surface area contributed by atoms with Gasteiger partial charge in [0.1, 0.15) is 6.54 Å². The highest BCUT2D eigenvalue weighted by Gasteiger charge is 2.15. The van der Waals surface area contributed by atoms with Gasteiger partial charge in [0.05, 0.1) is 0 Å². The molecule has 0 unspecified atom stereocenters. The van der Waals surface area contributed by atoms with E-state index in [0.29, 0.717) is 6.54 Å². The Morgan fingerprint density at radius 1 is 1.33 bits per heavy atom. The number of nitrogens with one attached hydrogen (secondary N) is 1. The highest BCUT2D eigenvalue weighted by molar-refractivity contribution is 5.76. The fraction of sp³-hybridized carbons (Fsp3) is 0.583. The first-order valence-corrected chi connectivity index (χ1v) is 5.86. The van der Waals surface area contributed by atoms with E-state index >= 15 is 0 Å². The van der Waals surface area contributed by atoms with Gasteiger partial charge in [-0.25, -0.2) is 4.79 Å². The Morgan fingerprint density at radius 2 is 1.94 bits per heavy atom. The summed E-state index contributed by atoms with van der Waals surface area (Å²) < 4.78 is 2.32. The van der Waals surface area contributed by atoms with Gasteiger partial charge in [-0.15, -0.1) is 0 Å². The van der Waals surface area contributed by atoms with Crippen molar-refractivity contribution in [3.8, 4) is 0 Å². The molecule has 0 radical (unpaired) electrons. The summed E-state index contributed by atoms with van der Waals surface area (Å²) in [6, 6.07) is 1.29. The highest BCUT2D eigenvalue weighted by atomic mass is 16.2. The summed E-state index contributed by atoms with van der Waals surface area (Å²) in [5.41, 5.74) is -1.32. The molecule has 1 N–H and O–H groups in total. The molecule has 0 spiro atoms. The van der Waals surface area contributed by atoms with Gasteiger partial charge in [-0.3, -0.25) is 14.2 Å². The lowest BCUT2D eigenvalue weighted by Crippen LogP contribution is -2.47. The molecule has 1 aromatic heterocycles. The topological polar surface area (TPSA) is 73.1 Å². The van der Waals surface area contributed by atoms with Gasteiger partial charge in [-0.05, 0) is 27.7 Å². The quantitative estimate of drug-likeness (QED) is 0.820. The van der Waals surface area contributed by atoms with Gasteiger partial charge in [0.25, 0.3) is 5.56 Å². The normalized spacial score (nSPS) is 11.3. The molecule has 1 rings (SSSR count). The predicted octanol–water partition coefficient (Wildman–Crippen LogP) is -0.0554. The number of rotatable bonds is 3. The number of amides is 1. The second-order valence-corrected chi connectivity index (χ2v) is 5.11. The zero-order valence-electron chi connectivity index (χ0n) is 11.2. The van der Waals surface area contributed by atoms with Gasteiger partial charge in [0, 0.05) is 24.3 Å². The molecule has 0 aromatic carbocycles. The van der Waals surface area contributed by atoms with Gasteiger partial charge in [-0.2, -0.15) is 0 Å². The van der Waals surface area contributed by atoms with E-state index in [2.05, 4.69) is 5.32 Å². The van der Waals surface area contributed by atoms with E-state index in [9.17, 15) is 14.4 Å². The van der Waals surface area contributed by atoms with Crippen molar-refractivity contribution in [2.75, 3.05) is 0 Å². The molecule has 6 heteroatoms. The van der Waals surface area contributed by atoms with Gasteiger partial charge in [0.2, 0.25) is 5.91 Å². The molecular weight excluding hydrogens is 234 g/mol. The van der Waals surface area contributed by atoms with Crippen LogP contribution < -0.4 is 16.6 Å². The summed E-state index contributed by atoms with van der Waals surface area (Å²) in [6.07, 6.45) is 1.43. The maximum atomic E-state index is 11.9. The molecule has 0 aliphatic heterocycles. The van der Waals surface area contributed by atoms with Crippen molar-refractivity contribution >= 4 is 5.91 Å². The average molecular weight is 253 g/mol. The largest absolute Gasteiger partial charge is 0.350 e. The SMILES string of the molecule is CCn1ccc(=O)n(CC(=O)NC(C)(C)C)c1=O. The molecule has 0 aliphatic carbocycles. The maximum absolute atomic E-state index is 11.9. The zero-order chi connectivity index (χ0) is 13.9. The van der Waals surface area contributed by atoms with Crippen molar-refractivity contribution < 1.29 is 4.79 Å². The number of aryl methyl sites for hydroxylation is 1. The van der Waals surface area contributed by atoms with Crippen LogP contribution in [0, 0.1) is 0 Å². The number of hydrogen-bond donors (Lipinski definition) is 1. The second kappa shape index (κ2) is 5.20. The number of carbonyl (C=O) groups excluding carboxylic acids is 1. The molecule has 0 saturated carbocycles. The lowest BCUT2D eigenvalue weighted by atomic mass is 10.1. The molecule has 0 bridgehead atoms. The van der Waals surface area contributed by atoms with E-state index in [1.165, 1.54) is 16.8 Å². The average Bonchev–Trinajstić information content (AvgIpc) is 2.22. The molecular formula is C12H19N3O3. The lowest BCUT2D eigenvalue weighted by Gasteiger charge is -2.20. The zero-order valence-corrected chi connectivity index (χ0v) is 11.2. The van der Waals surface area contributed by atoms with Crippen molar-refractivity contribution in [3.63, 3.8) is 0 Å². The first kappa shape index (κ1) is 14.2. The van der Waals surface area contributed by atoms with E-state index in [4.69, 9.17) is 0 Å². The van der Waals surface area contributed by atoms with Gasteiger partial charge in [0.15, 0.2) is 0 Å². The minimum absolute atomic E-state index is 0.254. The second-order valence-electron chi connectivity index (χ2n) is 5.11. The minimum Gasteiger partial charge on any atom is -0.350 e. The summed E-state index contributed by atoms with van der Waals surface area (Å²) in [5, 5.41) is 2.71. The molecule has 0 atom stereocenters. The van der Waals surface area contributed by atoms with Crippen LogP contribution in [0.1, 0.15) is 27.7 Å². The van der Waals surface area contributed by atoms with Crippen molar-refractivity contribution in [2.24, 2.45) is 0 Å². The Hall–Kier alpha value is -1.85. The van der Waals surface area contributed by atoms with Crippen LogP contribution in [0.4, 0.5) is 0 Å². The fourth-order valence-electron chi connectivity index (χ4n) is 1.54. The van der Waals surface area contributed by atoms with Crippen LogP contribution in [-0.4, -0.2) is 20.6 Å². The Kier molecular flexibility index (Phi) is 4.11. The molecule has 0 fully saturated rings. The Bertz CT molecular complexity index is 549. The molecule has 1 aromatic rings. The predicted molar refractivity (Wildman–Crippen MR) is 68.5 cm³/mol. The van der Waals surface area contributed by atoms with Gasteiger partial charge in [-0.1, -0.05) is 0 Å². The lowest BCUT2D eigenvalue weighted by molar-refractivity contribution is -0.123. The summed E-state index contributed by atoms with van der Waals surface area (Å²) >= 11 is 0. The molecule has 1 heterocycles. The molecule has 100 valence electrons. The molecule has 0 saturated heterocycles. The van der Waals surface area contributed by atoms with Crippen LogP contribution in [0.2, 0.25) is 0 Å². The van der Waals surface area contributed by atoms with Gasteiger partial charge < -0.3 is 9.88 Å². The van der Waals surface area contributed by atoms with Crippen LogP contribution in [0.25, 0.3) is 0 Å². The van der Waals surface area contributed by atoms with Crippen LogP contribution in [-0.2, 0) is 17.9 Å². The first-order chi connectivity index (χ1) is 8.24. The fourth-order valence-corrected chi connectivity index (χ4v) is 1.54. The van der Waals surface area contributed by atoms with Crippen LogP contribution >= 0.6 is 0 Å². The van der Waals surface area contributed by atoms with Crippen molar-refractivity contribution in [1.29, 1.82) is 0 Å². The first-order valence-electron chi connectivity index (χ1n) is 5.86. The maximum Gasteiger partial charge on any atom is 0.331 e. The Morgan fingerprint density at radius 3 is 2.44 bits per heavy atom. The number of carbonyl (C=O) groups is 1. The standard InChI is InChI=1S/C12H19N3O3/c1-5-14-7-6-10(17)15(11(14)18)8-9(16)13-12(2,3)4/h6-7H,5,8H2,1-4H3,(H,13,16). The summed E-state index contributed by atoms with van der Waals surface area (Å²) in [4.78, 5) is 35.2. The van der Waals surface area contributed by atoms with Crippen LogP contribution in [0.5, 0.6) is 0 Å². The summed E-state index contributed by atoms with van der Waals surface area (Å²) in [6.45, 7) is 7.51. The van der Waals surface area contributed by atoms with E-state index in [1.54, 1.807) is 6.92 Å². The molecule has 0 aliphatic rings. The Balaban J connectivity index is 3.02. The summed E-state index contributed by atoms with van der Waals surface area (Å²) in [5.74, 6) is -0.351. The van der Waals surface area contributed by atoms with Crippen LogP contribution in [0.15, 0.2) is 21.9 Å². The number of aromatic nitrogens is 2.